The van der Waals surface area contributed by atoms with E-state index in [1.54, 1.807) is 4.68 Å². The van der Waals surface area contributed by atoms with Crippen LogP contribution in [-0.4, -0.2) is 38.1 Å². The highest BCUT2D eigenvalue weighted by molar-refractivity contribution is 6.03. The Morgan fingerprint density at radius 3 is 2.48 bits per heavy atom. The van der Waals surface area contributed by atoms with E-state index < -0.39 is 5.92 Å². The Balaban J connectivity index is 1.42. The number of halogens is 1. The zero-order valence-corrected chi connectivity index (χ0v) is 16.0. The second-order valence-corrected chi connectivity index (χ2v) is 6.98. The van der Waals surface area contributed by atoms with Crippen molar-refractivity contribution in [1.29, 1.82) is 0 Å². The molecule has 29 heavy (non-hydrogen) atoms. The summed E-state index contributed by atoms with van der Waals surface area (Å²) in [7, 11) is 0. The SMILES string of the molecule is Cc1cc(C)n(-c2ncc(NC(=O)C3CC(=O)N(c4ccc(F)cc4)C3)cn2)n1. The van der Waals surface area contributed by atoms with E-state index in [1.807, 2.05) is 19.9 Å². The number of amides is 2. The first kappa shape index (κ1) is 18.7. The van der Waals surface area contributed by atoms with Gasteiger partial charge in [0, 0.05) is 24.3 Å². The number of nitrogens with one attached hydrogen (secondary N) is 1. The lowest BCUT2D eigenvalue weighted by molar-refractivity contribution is -0.122. The van der Waals surface area contributed by atoms with Gasteiger partial charge in [-0.2, -0.15) is 5.10 Å². The van der Waals surface area contributed by atoms with Crippen LogP contribution in [0.25, 0.3) is 5.95 Å². The molecule has 0 spiro atoms. The summed E-state index contributed by atoms with van der Waals surface area (Å²) < 4.78 is 14.7. The zero-order chi connectivity index (χ0) is 20.5. The lowest BCUT2D eigenvalue weighted by Gasteiger charge is -2.16. The molecule has 2 amide bonds. The molecule has 1 fully saturated rings. The average molecular weight is 394 g/mol. The third-order valence-electron chi connectivity index (χ3n) is 4.74. The van der Waals surface area contributed by atoms with Gasteiger partial charge in [-0.25, -0.2) is 19.0 Å². The predicted octanol–water partition coefficient (Wildman–Crippen LogP) is 2.41. The molecule has 1 aliphatic heterocycles. The van der Waals surface area contributed by atoms with Crippen LogP contribution in [0.15, 0.2) is 42.7 Å². The van der Waals surface area contributed by atoms with E-state index in [4.69, 9.17) is 0 Å². The lowest BCUT2D eigenvalue weighted by Crippen LogP contribution is -2.28. The van der Waals surface area contributed by atoms with Gasteiger partial charge in [-0.3, -0.25) is 9.59 Å². The number of hydrogen-bond acceptors (Lipinski definition) is 5. The van der Waals surface area contributed by atoms with Crippen molar-refractivity contribution in [3.63, 3.8) is 0 Å². The summed E-state index contributed by atoms with van der Waals surface area (Å²) in [6, 6.07) is 7.55. The summed E-state index contributed by atoms with van der Waals surface area (Å²) >= 11 is 0. The molecule has 1 unspecified atom stereocenters. The van der Waals surface area contributed by atoms with Crippen LogP contribution in [0.2, 0.25) is 0 Å². The van der Waals surface area contributed by atoms with Crippen LogP contribution in [0.3, 0.4) is 0 Å². The van der Waals surface area contributed by atoms with E-state index in [0.717, 1.165) is 11.4 Å². The van der Waals surface area contributed by atoms with E-state index in [9.17, 15) is 14.0 Å². The monoisotopic (exact) mass is 394 g/mol. The summed E-state index contributed by atoms with van der Waals surface area (Å²) in [5.74, 6) is -0.938. The Morgan fingerprint density at radius 2 is 1.86 bits per heavy atom. The van der Waals surface area contributed by atoms with Gasteiger partial charge in [0.1, 0.15) is 5.82 Å². The summed E-state index contributed by atoms with van der Waals surface area (Å²) in [5, 5.41) is 7.07. The molecular formula is C20H19FN6O2. The van der Waals surface area contributed by atoms with Gasteiger partial charge in [0.15, 0.2) is 0 Å². The Bertz CT molecular complexity index is 1060. The number of carbonyl (C=O) groups is 2. The van der Waals surface area contributed by atoms with Crippen molar-refractivity contribution in [2.24, 2.45) is 5.92 Å². The van der Waals surface area contributed by atoms with E-state index in [0.29, 0.717) is 17.3 Å². The third kappa shape index (κ3) is 3.84. The molecule has 3 aromatic rings. The maximum atomic E-state index is 13.1. The molecule has 8 nitrogen and oxygen atoms in total. The van der Waals surface area contributed by atoms with Crippen molar-refractivity contribution in [1.82, 2.24) is 19.7 Å². The molecule has 2 aromatic heterocycles. The van der Waals surface area contributed by atoms with E-state index in [2.05, 4.69) is 20.4 Å². The zero-order valence-electron chi connectivity index (χ0n) is 16.0. The molecule has 4 rings (SSSR count). The van der Waals surface area contributed by atoms with Gasteiger partial charge < -0.3 is 10.2 Å². The van der Waals surface area contributed by atoms with E-state index in [-0.39, 0.29) is 30.6 Å². The minimum absolute atomic E-state index is 0.0912. The van der Waals surface area contributed by atoms with Crippen LogP contribution in [0.1, 0.15) is 17.8 Å². The molecular weight excluding hydrogens is 375 g/mol. The summed E-state index contributed by atoms with van der Waals surface area (Å²) in [5.41, 5.74) is 2.78. The Morgan fingerprint density at radius 1 is 1.17 bits per heavy atom. The second-order valence-electron chi connectivity index (χ2n) is 6.98. The molecule has 0 bridgehead atoms. The number of rotatable bonds is 4. The molecule has 0 saturated carbocycles. The summed E-state index contributed by atoms with van der Waals surface area (Å²) in [4.78, 5) is 34.9. The van der Waals surface area contributed by atoms with Crippen LogP contribution in [0.5, 0.6) is 0 Å². The highest BCUT2D eigenvalue weighted by Crippen LogP contribution is 2.26. The smallest absolute Gasteiger partial charge is 0.250 e. The van der Waals surface area contributed by atoms with Crippen LogP contribution in [0.4, 0.5) is 15.8 Å². The number of hydrogen-bond donors (Lipinski definition) is 1. The maximum absolute atomic E-state index is 13.1. The topological polar surface area (TPSA) is 93.0 Å². The fraction of sp³-hybridized carbons (Fsp3) is 0.250. The van der Waals surface area contributed by atoms with Crippen LogP contribution in [-0.2, 0) is 9.59 Å². The first-order valence-corrected chi connectivity index (χ1v) is 9.13. The predicted molar refractivity (Wildman–Crippen MR) is 104 cm³/mol. The van der Waals surface area contributed by atoms with Crippen LogP contribution >= 0.6 is 0 Å². The molecule has 1 atom stereocenters. The minimum Gasteiger partial charge on any atom is -0.323 e. The Labute approximate surface area is 166 Å². The number of anilines is 2. The number of aryl methyl sites for hydroxylation is 2. The minimum atomic E-state index is -0.511. The molecule has 0 aliphatic carbocycles. The highest BCUT2D eigenvalue weighted by Gasteiger charge is 2.35. The van der Waals surface area contributed by atoms with Gasteiger partial charge in [-0.15, -0.1) is 0 Å². The second kappa shape index (κ2) is 7.42. The van der Waals surface area contributed by atoms with E-state index in [1.165, 1.54) is 41.6 Å². The van der Waals surface area contributed by atoms with Crippen molar-refractivity contribution in [3.8, 4) is 5.95 Å². The number of benzene rings is 1. The van der Waals surface area contributed by atoms with Gasteiger partial charge in [-0.1, -0.05) is 0 Å². The lowest BCUT2D eigenvalue weighted by atomic mass is 10.1. The summed E-state index contributed by atoms with van der Waals surface area (Å²) in [6.07, 6.45) is 3.10. The first-order valence-electron chi connectivity index (χ1n) is 9.13. The molecule has 9 heteroatoms. The maximum Gasteiger partial charge on any atom is 0.250 e. The fourth-order valence-corrected chi connectivity index (χ4v) is 3.32. The number of nitrogens with zero attached hydrogens (tertiary/aromatic N) is 5. The molecule has 1 saturated heterocycles. The van der Waals surface area contributed by atoms with Crippen molar-refractivity contribution in [2.45, 2.75) is 20.3 Å². The quantitative estimate of drug-likeness (QED) is 0.734. The van der Waals surface area contributed by atoms with Gasteiger partial charge in [-0.05, 0) is 44.2 Å². The van der Waals surface area contributed by atoms with Crippen molar-refractivity contribution >= 4 is 23.2 Å². The van der Waals surface area contributed by atoms with Crippen molar-refractivity contribution in [3.05, 3.63) is 59.9 Å². The third-order valence-corrected chi connectivity index (χ3v) is 4.74. The molecule has 1 aromatic carbocycles. The standard InChI is InChI=1S/C20H19FN6O2/c1-12-7-13(2)27(25-12)20-22-9-16(10-23-20)24-19(29)14-8-18(28)26(11-14)17-5-3-15(21)4-6-17/h3-7,9-10,14H,8,11H2,1-2H3,(H,24,29). The van der Waals surface area contributed by atoms with Gasteiger partial charge in [0.25, 0.3) is 5.95 Å². The van der Waals surface area contributed by atoms with Gasteiger partial charge in [0.05, 0.1) is 29.7 Å². The molecule has 1 aliphatic rings. The summed E-state index contributed by atoms with van der Waals surface area (Å²) in [6.45, 7) is 4.03. The Hall–Kier alpha value is -3.62. The number of carbonyl (C=O) groups excluding carboxylic acids is 2. The van der Waals surface area contributed by atoms with Crippen LogP contribution < -0.4 is 10.2 Å². The largest absolute Gasteiger partial charge is 0.323 e. The van der Waals surface area contributed by atoms with E-state index >= 15 is 0 Å². The fourth-order valence-electron chi connectivity index (χ4n) is 3.32. The normalized spacial score (nSPS) is 16.3. The molecule has 3 heterocycles. The highest BCUT2D eigenvalue weighted by atomic mass is 19.1. The molecule has 1 N–H and O–H groups in total. The van der Waals surface area contributed by atoms with Gasteiger partial charge in [0.2, 0.25) is 11.8 Å². The average Bonchev–Trinajstić information content (AvgIpc) is 3.25. The van der Waals surface area contributed by atoms with Gasteiger partial charge >= 0.3 is 0 Å². The Kier molecular flexibility index (Phi) is 4.79. The van der Waals surface area contributed by atoms with Crippen LogP contribution in [0, 0.1) is 25.6 Å². The number of aromatic nitrogens is 4. The first-order chi connectivity index (χ1) is 13.9. The van der Waals surface area contributed by atoms with Crippen molar-refractivity contribution in [2.75, 3.05) is 16.8 Å². The van der Waals surface area contributed by atoms with Crippen molar-refractivity contribution < 1.29 is 14.0 Å². The molecule has 148 valence electrons. The molecule has 0 radical (unpaired) electrons.